The normalized spacial score (nSPS) is 10.1. The van der Waals surface area contributed by atoms with Crippen LogP contribution in [-0.4, -0.2) is 43.5 Å². The zero-order chi connectivity index (χ0) is 20.5. The molecule has 0 saturated carbocycles. The number of carbonyl (C=O) groups excluding carboxylic acids is 4. The van der Waals surface area contributed by atoms with Crippen LogP contribution in [0, 0.1) is 0 Å². The Bertz CT molecular complexity index is 863. The number of esters is 2. The lowest BCUT2D eigenvalue weighted by Gasteiger charge is -2.09. The van der Waals surface area contributed by atoms with Crippen LogP contribution in [0.3, 0.4) is 0 Å². The van der Waals surface area contributed by atoms with Gasteiger partial charge in [-0.1, -0.05) is 18.2 Å². The first-order chi connectivity index (χ1) is 13.5. The van der Waals surface area contributed by atoms with Crippen LogP contribution < -0.4 is 10.6 Å². The standard InChI is InChI=1S/C19H20N2O6S/c1-3-26-18(24)13-11-28-17(15(13)19(25)27-4-2)21-14(22)10-20-16(23)12-8-6-5-7-9-12/h5-9,11H,3-4,10H2,1-2H3,(H,20,23)(H,21,22). The number of carbonyl (C=O) groups is 4. The molecule has 2 aromatic rings. The van der Waals surface area contributed by atoms with Gasteiger partial charge in [-0.2, -0.15) is 0 Å². The Hall–Kier alpha value is -3.20. The monoisotopic (exact) mass is 404 g/mol. The quantitative estimate of drug-likeness (QED) is 0.654. The Kier molecular flexibility index (Phi) is 7.70. The van der Waals surface area contributed by atoms with E-state index in [1.807, 2.05) is 0 Å². The lowest BCUT2D eigenvalue weighted by Crippen LogP contribution is -2.33. The lowest BCUT2D eigenvalue weighted by molar-refractivity contribution is -0.115. The fourth-order valence-corrected chi connectivity index (χ4v) is 3.17. The third-order valence-electron chi connectivity index (χ3n) is 3.46. The molecule has 2 amide bonds. The molecule has 0 aliphatic carbocycles. The highest BCUT2D eigenvalue weighted by Crippen LogP contribution is 2.29. The molecule has 2 rings (SSSR count). The molecule has 28 heavy (non-hydrogen) atoms. The zero-order valence-corrected chi connectivity index (χ0v) is 16.3. The summed E-state index contributed by atoms with van der Waals surface area (Å²) in [6.45, 7) is 3.22. The van der Waals surface area contributed by atoms with E-state index < -0.39 is 23.8 Å². The summed E-state index contributed by atoms with van der Waals surface area (Å²) >= 11 is 0.997. The molecule has 0 fully saturated rings. The summed E-state index contributed by atoms with van der Waals surface area (Å²) in [5.41, 5.74) is 0.380. The van der Waals surface area contributed by atoms with E-state index in [2.05, 4.69) is 10.6 Å². The highest BCUT2D eigenvalue weighted by atomic mass is 32.1. The third kappa shape index (κ3) is 5.40. The SMILES string of the molecule is CCOC(=O)c1csc(NC(=O)CNC(=O)c2ccccc2)c1C(=O)OCC. The van der Waals surface area contributed by atoms with E-state index in [0.29, 0.717) is 5.56 Å². The molecule has 1 aromatic carbocycles. The fourth-order valence-electron chi connectivity index (χ4n) is 2.24. The van der Waals surface area contributed by atoms with Gasteiger partial charge in [-0.15, -0.1) is 11.3 Å². The van der Waals surface area contributed by atoms with Crippen LogP contribution in [0.4, 0.5) is 5.00 Å². The zero-order valence-electron chi connectivity index (χ0n) is 15.4. The van der Waals surface area contributed by atoms with Gasteiger partial charge in [0.1, 0.15) is 10.6 Å². The Balaban J connectivity index is 2.09. The maximum absolute atomic E-state index is 12.2. The van der Waals surface area contributed by atoms with Gasteiger partial charge in [-0.3, -0.25) is 9.59 Å². The van der Waals surface area contributed by atoms with Gasteiger partial charge < -0.3 is 20.1 Å². The summed E-state index contributed by atoms with van der Waals surface area (Å²) in [4.78, 5) is 48.5. The second-order valence-corrected chi connectivity index (χ2v) is 6.27. The summed E-state index contributed by atoms with van der Waals surface area (Å²) in [5, 5.41) is 6.59. The van der Waals surface area contributed by atoms with Crippen molar-refractivity contribution in [3.05, 3.63) is 52.4 Å². The maximum Gasteiger partial charge on any atom is 0.342 e. The fraction of sp³-hybridized carbons (Fsp3) is 0.263. The van der Waals surface area contributed by atoms with Gasteiger partial charge in [0.05, 0.1) is 25.3 Å². The number of hydrogen-bond donors (Lipinski definition) is 2. The number of amides is 2. The van der Waals surface area contributed by atoms with Gasteiger partial charge in [0, 0.05) is 10.9 Å². The van der Waals surface area contributed by atoms with Crippen LogP contribution in [0.5, 0.6) is 0 Å². The Labute approximate surface area is 165 Å². The van der Waals surface area contributed by atoms with Crippen LogP contribution in [0.25, 0.3) is 0 Å². The van der Waals surface area contributed by atoms with Crippen LogP contribution in [-0.2, 0) is 14.3 Å². The highest BCUT2D eigenvalue weighted by molar-refractivity contribution is 7.15. The first kappa shape index (κ1) is 21.1. The molecule has 0 saturated heterocycles. The van der Waals surface area contributed by atoms with E-state index in [4.69, 9.17) is 9.47 Å². The molecule has 1 heterocycles. The molecule has 9 heteroatoms. The number of nitrogens with one attached hydrogen (secondary N) is 2. The summed E-state index contributed by atoms with van der Waals surface area (Å²) in [6.07, 6.45) is 0. The van der Waals surface area contributed by atoms with Crippen LogP contribution in [0.2, 0.25) is 0 Å². The number of thiophene rings is 1. The molecule has 148 valence electrons. The van der Waals surface area contributed by atoms with Crippen molar-refractivity contribution in [2.45, 2.75) is 13.8 Å². The van der Waals surface area contributed by atoms with Gasteiger partial charge in [0.2, 0.25) is 5.91 Å². The summed E-state index contributed by atoms with van der Waals surface area (Å²) in [6, 6.07) is 8.44. The van der Waals surface area contributed by atoms with E-state index in [-0.39, 0.29) is 35.9 Å². The molecule has 0 radical (unpaired) electrons. The van der Waals surface area contributed by atoms with Crippen LogP contribution in [0.15, 0.2) is 35.7 Å². The minimum Gasteiger partial charge on any atom is -0.462 e. The number of benzene rings is 1. The van der Waals surface area contributed by atoms with Crippen molar-refractivity contribution < 1.29 is 28.7 Å². The smallest absolute Gasteiger partial charge is 0.342 e. The number of anilines is 1. The second-order valence-electron chi connectivity index (χ2n) is 5.39. The van der Waals surface area contributed by atoms with Crippen molar-refractivity contribution in [2.24, 2.45) is 0 Å². The van der Waals surface area contributed by atoms with Crippen LogP contribution in [0.1, 0.15) is 44.9 Å². The van der Waals surface area contributed by atoms with Crippen molar-refractivity contribution in [1.29, 1.82) is 0 Å². The molecule has 0 aliphatic rings. The maximum atomic E-state index is 12.2. The van der Waals surface area contributed by atoms with E-state index in [1.165, 1.54) is 5.38 Å². The number of rotatable bonds is 8. The number of ether oxygens (including phenoxy) is 2. The topological polar surface area (TPSA) is 111 Å². The van der Waals surface area contributed by atoms with Crippen molar-refractivity contribution >= 4 is 40.1 Å². The van der Waals surface area contributed by atoms with Gasteiger partial charge >= 0.3 is 11.9 Å². The summed E-state index contributed by atoms with van der Waals surface area (Å²) in [7, 11) is 0. The lowest BCUT2D eigenvalue weighted by atomic mass is 10.2. The Morgan fingerprint density at radius 1 is 0.964 bits per heavy atom. The molecule has 8 nitrogen and oxygen atoms in total. The van der Waals surface area contributed by atoms with Crippen molar-refractivity contribution in [3.8, 4) is 0 Å². The molecular formula is C19H20N2O6S. The van der Waals surface area contributed by atoms with E-state index in [1.54, 1.807) is 44.2 Å². The molecule has 0 spiro atoms. The third-order valence-corrected chi connectivity index (χ3v) is 4.36. The van der Waals surface area contributed by atoms with Gasteiger partial charge in [0.15, 0.2) is 0 Å². The average molecular weight is 404 g/mol. The molecular weight excluding hydrogens is 384 g/mol. The minimum absolute atomic E-state index is 0.0221. The first-order valence-corrected chi connectivity index (χ1v) is 9.44. The van der Waals surface area contributed by atoms with Crippen LogP contribution >= 0.6 is 11.3 Å². The number of hydrogen-bond acceptors (Lipinski definition) is 7. The molecule has 2 N–H and O–H groups in total. The van der Waals surface area contributed by atoms with E-state index in [9.17, 15) is 19.2 Å². The van der Waals surface area contributed by atoms with Gasteiger partial charge in [-0.05, 0) is 26.0 Å². The van der Waals surface area contributed by atoms with E-state index in [0.717, 1.165) is 11.3 Å². The molecule has 1 aromatic heterocycles. The van der Waals surface area contributed by atoms with E-state index >= 15 is 0 Å². The summed E-state index contributed by atoms with van der Waals surface area (Å²) < 4.78 is 9.91. The van der Waals surface area contributed by atoms with Gasteiger partial charge in [0.25, 0.3) is 5.91 Å². The van der Waals surface area contributed by atoms with Crippen molar-refractivity contribution in [1.82, 2.24) is 5.32 Å². The Morgan fingerprint density at radius 3 is 2.25 bits per heavy atom. The molecule has 0 aliphatic heterocycles. The molecule has 0 unspecified atom stereocenters. The highest BCUT2D eigenvalue weighted by Gasteiger charge is 2.26. The largest absolute Gasteiger partial charge is 0.462 e. The second kappa shape index (κ2) is 10.2. The summed E-state index contributed by atoms with van der Waals surface area (Å²) in [5.74, 6) is -2.37. The van der Waals surface area contributed by atoms with Gasteiger partial charge in [-0.25, -0.2) is 9.59 Å². The predicted molar refractivity (Wildman–Crippen MR) is 104 cm³/mol. The molecule has 0 atom stereocenters. The Morgan fingerprint density at radius 2 is 1.61 bits per heavy atom. The average Bonchev–Trinajstić information content (AvgIpc) is 3.11. The van der Waals surface area contributed by atoms with Crippen molar-refractivity contribution in [3.63, 3.8) is 0 Å². The first-order valence-electron chi connectivity index (χ1n) is 8.56. The molecule has 0 bridgehead atoms. The predicted octanol–water partition coefficient (Wildman–Crippen LogP) is 2.47. The van der Waals surface area contributed by atoms with Crippen molar-refractivity contribution in [2.75, 3.05) is 25.1 Å². The minimum atomic E-state index is -0.740.